The topological polar surface area (TPSA) is 20.3 Å². The zero-order valence-corrected chi connectivity index (χ0v) is 10.4. The largest absolute Gasteiger partial charge is 0.389 e. The quantitative estimate of drug-likeness (QED) is 0.716. The SMILES string of the molecule is CC1C(=O)CCN(CCCCC(F)(F)F)C1C. The van der Waals surface area contributed by atoms with Crippen LogP contribution in [0.3, 0.4) is 0 Å². The highest BCUT2D eigenvalue weighted by atomic mass is 19.4. The van der Waals surface area contributed by atoms with E-state index in [2.05, 4.69) is 4.90 Å². The summed E-state index contributed by atoms with van der Waals surface area (Å²) in [5.41, 5.74) is 0. The Hall–Kier alpha value is -0.580. The third-order valence-electron chi connectivity index (χ3n) is 3.61. The van der Waals surface area contributed by atoms with Gasteiger partial charge in [-0.3, -0.25) is 9.69 Å². The van der Waals surface area contributed by atoms with Gasteiger partial charge in [-0.2, -0.15) is 13.2 Å². The van der Waals surface area contributed by atoms with Crippen LogP contribution in [-0.4, -0.2) is 36.0 Å². The second-order valence-electron chi connectivity index (χ2n) is 4.85. The fourth-order valence-corrected chi connectivity index (χ4v) is 2.23. The van der Waals surface area contributed by atoms with E-state index in [0.29, 0.717) is 25.9 Å². The Kier molecular flexibility index (Phi) is 4.98. The van der Waals surface area contributed by atoms with Gasteiger partial charge in [-0.1, -0.05) is 6.92 Å². The first kappa shape index (κ1) is 14.5. The van der Waals surface area contributed by atoms with Crippen LogP contribution in [0.25, 0.3) is 0 Å². The van der Waals surface area contributed by atoms with Gasteiger partial charge in [-0.05, 0) is 26.3 Å². The normalized spacial score (nSPS) is 27.5. The molecule has 2 nitrogen and oxygen atoms in total. The molecule has 1 heterocycles. The fraction of sp³-hybridized carbons (Fsp3) is 0.917. The van der Waals surface area contributed by atoms with E-state index in [0.717, 1.165) is 0 Å². The third kappa shape index (κ3) is 4.66. The van der Waals surface area contributed by atoms with Gasteiger partial charge in [-0.15, -0.1) is 0 Å². The van der Waals surface area contributed by atoms with E-state index in [9.17, 15) is 18.0 Å². The molecule has 0 amide bonds. The van der Waals surface area contributed by atoms with Crippen LogP contribution in [0.4, 0.5) is 13.2 Å². The van der Waals surface area contributed by atoms with E-state index in [4.69, 9.17) is 0 Å². The van der Waals surface area contributed by atoms with E-state index in [-0.39, 0.29) is 24.2 Å². The average molecular weight is 251 g/mol. The molecule has 0 radical (unpaired) electrons. The van der Waals surface area contributed by atoms with Gasteiger partial charge in [0.25, 0.3) is 0 Å². The molecule has 0 bridgehead atoms. The highest BCUT2D eigenvalue weighted by molar-refractivity contribution is 5.82. The van der Waals surface area contributed by atoms with E-state index in [1.54, 1.807) is 0 Å². The van der Waals surface area contributed by atoms with E-state index < -0.39 is 12.6 Å². The summed E-state index contributed by atoms with van der Waals surface area (Å²) in [4.78, 5) is 13.6. The maximum atomic E-state index is 12.0. The minimum absolute atomic E-state index is 0.00589. The monoisotopic (exact) mass is 251 g/mol. The predicted octanol–water partition coefficient (Wildman–Crippen LogP) is 3.02. The number of ketones is 1. The maximum absolute atomic E-state index is 12.0. The van der Waals surface area contributed by atoms with Gasteiger partial charge < -0.3 is 0 Å². The van der Waals surface area contributed by atoms with Gasteiger partial charge >= 0.3 is 6.18 Å². The number of Topliss-reactive ketones (excluding diaryl/α,β-unsaturated/α-hetero) is 1. The number of piperidine rings is 1. The summed E-state index contributed by atoms with van der Waals surface area (Å²) in [5.74, 6) is 0.274. The first-order valence-corrected chi connectivity index (χ1v) is 6.15. The number of halogens is 3. The average Bonchev–Trinajstić information content (AvgIpc) is 2.22. The van der Waals surface area contributed by atoms with Gasteiger partial charge in [0.05, 0.1) is 0 Å². The number of unbranched alkanes of at least 4 members (excludes halogenated alkanes) is 1. The second-order valence-corrected chi connectivity index (χ2v) is 4.85. The highest BCUT2D eigenvalue weighted by Crippen LogP contribution is 2.24. The van der Waals surface area contributed by atoms with Crippen LogP contribution in [0.5, 0.6) is 0 Å². The lowest BCUT2D eigenvalue weighted by Crippen LogP contribution is -2.47. The van der Waals surface area contributed by atoms with Gasteiger partial charge in [0.15, 0.2) is 0 Å². The molecule has 1 rings (SSSR count). The summed E-state index contributed by atoms with van der Waals surface area (Å²) in [6.45, 7) is 5.23. The third-order valence-corrected chi connectivity index (χ3v) is 3.61. The van der Waals surface area contributed by atoms with Crippen LogP contribution < -0.4 is 0 Å². The molecule has 5 heteroatoms. The van der Waals surface area contributed by atoms with Crippen LogP contribution in [-0.2, 0) is 4.79 Å². The summed E-state index contributed by atoms with van der Waals surface area (Å²) < 4.78 is 35.9. The smallest absolute Gasteiger partial charge is 0.300 e. The van der Waals surface area contributed by atoms with Crippen molar-refractivity contribution in [1.29, 1.82) is 0 Å². The molecule has 0 N–H and O–H groups in total. The number of nitrogens with zero attached hydrogens (tertiary/aromatic N) is 1. The predicted molar refractivity (Wildman–Crippen MR) is 59.7 cm³/mol. The van der Waals surface area contributed by atoms with Crippen molar-refractivity contribution in [3.05, 3.63) is 0 Å². The Labute approximate surface area is 100 Å². The number of carbonyl (C=O) groups excluding carboxylic acids is 1. The molecule has 2 unspecified atom stereocenters. The van der Waals surface area contributed by atoms with Gasteiger partial charge in [0, 0.05) is 31.3 Å². The molecule has 2 atom stereocenters. The number of hydrogen-bond acceptors (Lipinski definition) is 2. The molecule has 0 saturated carbocycles. The van der Waals surface area contributed by atoms with Crippen LogP contribution in [0, 0.1) is 5.92 Å². The van der Waals surface area contributed by atoms with E-state index in [1.807, 2.05) is 13.8 Å². The summed E-state index contributed by atoms with van der Waals surface area (Å²) >= 11 is 0. The van der Waals surface area contributed by atoms with Gasteiger partial charge in [-0.25, -0.2) is 0 Å². The van der Waals surface area contributed by atoms with Crippen molar-refractivity contribution in [2.75, 3.05) is 13.1 Å². The summed E-state index contributed by atoms with van der Waals surface area (Å²) in [6, 6.07) is 0.155. The summed E-state index contributed by atoms with van der Waals surface area (Å²) in [6.07, 6.45) is -3.49. The summed E-state index contributed by atoms with van der Waals surface area (Å²) in [5, 5.41) is 0. The number of likely N-dealkylation sites (tertiary alicyclic amines) is 1. The zero-order chi connectivity index (χ0) is 13.1. The molecule has 0 aliphatic carbocycles. The number of hydrogen-bond donors (Lipinski definition) is 0. The summed E-state index contributed by atoms with van der Waals surface area (Å²) in [7, 11) is 0. The first-order valence-electron chi connectivity index (χ1n) is 6.15. The minimum Gasteiger partial charge on any atom is -0.300 e. The molecule has 1 aliphatic rings. The van der Waals surface area contributed by atoms with Crippen molar-refractivity contribution in [2.24, 2.45) is 5.92 Å². The molecule has 1 saturated heterocycles. The van der Waals surface area contributed by atoms with Crippen molar-refractivity contribution >= 4 is 5.78 Å². The molecule has 0 aromatic carbocycles. The van der Waals surface area contributed by atoms with Crippen LogP contribution in [0.1, 0.15) is 39.5 Å². The lowest BCUT2D eigenvalue weighted by atomic mass is 9.90. The fourth-order valence-electron chi connectivity index (χ4n) is 2.23. The van der Waals surface area contributed by atoms with Crippen LogP contribution in [0.15, 0.2) is 0 Å². The standard InChI is InChI=1S/C12H20F3NO/c1-9-10(2)16(8-5-11(9)17)7-4-3-6-12(13,14)15/h9-10H,3-8H2,1-2H3. The Morgan fingerprint density at radius 2 is 1.94 bits per heavy atom. The molecule has 0 spiro atoms. The zero-order valence-electron chi connectivity index (χ0n) is 10.4. The van der Waals surface area contributed by atoms with Crippen molar-refractivity contribution in [2.45, 2.75) is 51.7 Å². The van der Waals surface area contributed by atoms with Gasteiger partial charge in [0.1, 0.15) is 5.78 Å². The number of carbonyl (C=O) groups is 1. The lowest BCUT2D eigenvalue weighted by Gasteiger charge is -2.36. The van der Waals surface area contributed by atoms with Gasteiger partial charge in [0.2, 0.25) is 0 Å². The molecule has 100 valence electrons. The lowest BCUT2D eigenvalue weighted by molar-refractivity contribution is -0.135. The molecule has 0 aromatic heterocycles. The van der Waals surface area contributed by atoms with E-state index in [1.165, 1.54) is 0 Å². The van der Waals surface area contributed by atoms with Crippen LogP contribution in [0.2, 0.25) is 0 Å². The van der Waals surface area contributed by atoms with Crippen molar-refractivity contribution in [3.63, 3.8) is 0 Å². The molecule has 1 aliphatic heterocycles. The van der Waals surface area contributed by atoms with Crippen molar-refractivity contribution in [3.8, 4) is 0 Å². The first-order chi connectivity index (χ1) is 7.81. The Bertz CT molecular complexity index is 265. The Morgan fingerprint density at radius 1 is 1.29 bits per heavy atom. The Morgan fingerprint density at radius 3 is 2.53 bits per heavy atom. The Balaban J connectivity index is 2.26. The molecule has 17 heavy (non-hydrogen) atoms. The van der Waals surface area contributed by atoms with Crippen molar-refractivity contribution < 1.29 is 18.0 Å². The second kappa shape index (κ2) is 5.85. The number of alkyl halides is 3. The molecular formula is C12H20F3NO. The maximum Gasteiger partial charge on any atom is 0.389 e. The van der Waals surface area contributed by atoms with Crippen molar-refractivity contribution in [1.82, 2.24) is 4.90 Å². The minimum atomic E-state index is -4.04. The molecular weight excluding hydrogens is 231 g/mol. The highest BCUT2D eigenvalue weighted by Gasteiger charge is 2.31. The molecule has 1 fully saturated rings. The number of rotatable bonds is 4. The van der Waals surface area contributed by atoms with E-state index >= 15 is 0 Å². The van der Waals surface area contributed by atoms with Crippen LogP contribution >= 0.6 is 0 Å². The molecule has 0 aromatic rings.